The van der Waals surface area contributed by atoms with Crippen molar-refractivity contribution in [3.63, 3.8) is 0 Å². The zero-order valence-corrected chi connectivity index (χ0v) is 7.58. The molecule has 0 fully saturated rings. The molecule has 0 spiro atoms. The first-order chi connectivity index (χ1) is 4.18. The Hall–Kier alpha value is -0.791. The monoisotopic (exact) mass is 249 g/mol. The van der Waals surface area contributed by atoms with E-state index in [9.17, 15) is 14.4 Å². The number of H-pyrrole nitrogens is 3. The summed E-state index contributed by atoms with van der Waals surface area (Å²) in [6.07, 6.45) is 0. The summed E-state index contributed by atoms with van der Waals surface area (Å²) >= 11 is 0. The standard InChI is InChI=1S/C3H3N3O3.Sn/c7-1-4-2(8)6-3(9)5-1;/h(H3,4,5,6,7,8,9);. The van der Waals surface area contributed by atoms with Crippen molar-refractivity contribution in [1.82, 2.24) is 15.0 Å². The molecule has 0 bridgehead atoms. The Labute approximate surface area is 70.7 Å². The van der Waals surface area contributed by atoms with Gasteiger partial charge in [0.05, 0.1) is 0 Å². The second kappa shape index (κ2) is 3.40. The molecule has 7 heteroatoms. The number of aromatic nitrogens is 3. The summed E-state index contributed by atoms with van der Waals surface area (Å²) in [5.74, 6) is 0. The molecule has 0 atom stereocenters. The molecular formula is C3H3N3O3Sn. The zero-order chi connectivity index (χ0) is 6.85. The Balaban J connectivity index is 0.000000810. The van der Waals surface area contributed by atoms with Crippen LogP contribution >= 0.6 is 0 Å². The molecule has 0 saturated heterocycles. The number of rotatable bonds is 0. The van der Waals surface area contributed by atoms with Gasteiger partial charge in [0.25, 0.3) is 0 Å². The quantitative estimate of drug-likeness (QED) is 0.438. The molecule has 0 aliphatic heterocycles. The van der Waals surface area contributed by atoms with E-state index >= 15 is 0 Å². The summed E-state index contributed by atoms with van der Waals surface area (Å²) in [5, 5.41) is 0. The third-order valence-corrected chi connectivity index (χ3v) is 0.681. The van der Waals surface area contributed by atoms with E-state index in [1.807, 2.05) is 0 Å². The van der Waals surface area contributed by atoms with Gasteiger partial charge in [-0.05, 0) is 0 Å². The Morgan fingerprint density at radius 2 is 0.900 bits per heavy atom. The molecule has 0 amide bonds. The third kappa shape index (κ3) is 2.21. The normalized spacial score (nSPS) is 8.40. The maximum Gasteiger partial charge on any atom is 0.330 e. The van der Waals surface area contributed by atoms with Crippen molar-refractivity contribution in [2.75, 3.05) is 0 Å². The smallest absolute Gasteiger partial charge is 0.259 e. The van der Waals surface area contributed by atoms with Gasteiger partial charge in [-0.15, -0.1) is 0 Å². The van der Waals surface area contributed by atoms with Crippen LogP contribution in [0, 0.1) is 0 Å². The molecule has 0 aromatic carbocycles. The molecule has 3 N–H and O–H groups in total. The molecule has 0 unspecified atom stereocenters. The molecule has 0 saturated carbocycles. The van der Waals surface area contributed by atoms with Gasteiger partial charge in [-0.2, -0.15) is 0 Å². The Morgan fingerprint density at radius 1 is 0.700 bits per heavy atom. The fourth-order valence-corrected chi connectivity index (χ4v) is 0.403. The van der Waals surface area contributed by atoms with E-state index < -0.39 is 17.1 Å². The van der Waals surface area contributed by atoms with Crippen molar-refractivity contribution in [1.29, 1.82) is 0 Å². The van der Waals surface area contributed by atoms with Crippen LogP contribution in [0.15, 0.2) is 14.4 Å². The Bertz CT molecular complexity index is 281. The molecule has 1 rings (SSSR count). The molecule has 0 aliphatic carbocycles. The van der Waals surface area contributed by atoms with Crippen LogP contribution in [0.3, 0.4) is 0 Å². The van der Waals surface area contributed by atoms with Gasteiger partial charge in [0.15, 0.2) is 0 Å². The topological polar surface area (TPSA) is 98.6 Å². The molecule has 1 heterocycles. The summed E-state index contributed by atoms with van der Waals surface area (Å²) in [6, 6.07) is 0. The minimum absolute atomic E-state index is 0. The van der Waals surface area contributed by atoms with Gasteiger partial charge in [-0.25, -0.2) is 14.4 Å². The molecule has 4 radical (unpaired) electrons. The van der Waals surface area contributed by atoms with E-state index in [-0.39, 0.29) is 23.9 Å². The Morgan fingerprint density at radius 3 is 1.10 bits per heavy atom. The van der Waals surface area contributed by atoms with Gasteiger partial charge in [-0.1, -0.05) is 0 Å². The van der Waals surface area contributed by atoms with Crippen LogP contribution in [0.5, 0.6) is 0 Å². The minimum Gasteiger partial charge on any atom is -0.259 e. The summed E-state index contributed by atoms with van der Waals surface area (Å²) in [6.45, 7) is 0. The first-order valence-corrected chi connectivity index (χ1v) is 2.11. The molecule has 10 heavy (non-hydrogen) atoms. The van der Waals surface area contributed by atoms with Crippen LogP contribution in [-0.4, -0.2) is 38.9 Å². The molecule has 0 aliphatic rings. The van der Waals surface area contributed by atoms with E-state index in [0.29, 0.717) is 0 Å². The van der Waals surface area contributed by atoms with Gasteiger partial charge >= 0.3 is 17.1 Å². The summed E-state index contributed by atoms with van der Waals surface area (Å²) in [5.41, 5.74) is -2.41. The van der Waals surface area contributed by atoms with E-state index in [1.165, 1.54) is 0 Å². The van der Waals surface area contributed by atoms with E-state index in [2.05, 4.69) is 0 Å². The van der Waals surface area contributed by atoms with Crippen LogP contribution in [0.4, 0.5) is 0 Å². The van der Waals surface area contributed by atoms with Gasteiger partial charge in [0.2, 0.25) is 0 Å². The maximum atomic E-state index is 10.2. The average molecular weight is 248 g/mol. The number of nitrogens with one attached hydrogen (secondary N) is 3. The van der Waals surface area contributed by atoms with Crippen LogP contribution in [-0.2, 0) is 0 Å². The van der Waals surface area contributed by atoms with Crippen molar-refractivity contribution >= 4 is 23.9 Å². The fraction of sp³-hybridized carbons (Fsp3) is 0. The van der Waals surface area contributed by atoms with Gasteiger partial charge in [0.1, 0.15) is 0 Å². The molecule has 52 valence electrons. The fourth-order valence-electron chi connectivity index (χ4n) is 0.403. The summed E-state index contributed by atoms with van der Waals surface area (Å²) in [7, 11) is 0. The summed E-state index contributed by atoms with van der Waals surface area (Å²) < 4.78 is 0. The first-order valence-electron chi connectivity index (χ1n) is 2.11. The molecular weight excluding hydrogens is 245 g/mol. The van der Waals surface area contributed by atoms with Crippen molar-refractivity contribution in [3.05, 3.63) is 31.5 Å². The number of hydrogen-bond acceptors (Lipinski definition) is 3. The van der Waals surface area contributed by atoms with E-state index in [4.69, 9.17) is 0 Å². The second-order valence-electron chi connectivity index (χ2n) is 1.36. The van der Waals surface area contributed by atoms with Crippen molar-refractivity contribution in [3.8, 4) is 0 Å². The third-order valence-electron chi connectivity index (χ3n) is 0.681. The van der Waals surface area contributed by atoms with Crippen molar-refractivity contribution < 1.29 is 0 Å². The minimum atomic E-state index is -0.802. The molecule has 1 aromatic rings. The molecule has 6 nitrogen and oxygen atoms in total. The molecule has 1 aromatic heterocycles. The van der Waals surface area contributed by atoms with Gasteiger partial charge in [-0.3, -0.25) is 15.0 Å². The number of aromatic amines is 3. The summed E-state index contributed by atoms with van der Waals surface area (Å²) in [4.78, 5) is 35.9. The van der Waals surface area contributed by atoms with Gasteiger partial charge < -0.3 is 0 Å². The van der Waals surface area contributed by atoms with Gasteiger partial charge in [0, 0.05) is 23.9 Å². The Kier molecular flexibility index (Phi) is 3.13. The average Bonchev–Trinajstić information content (AvgIpc) is 1.59. The number of hydrogen-bond donors (Lipinski definition) is 3. The van der Waals surface area contributed by atoms with Crippen LogP contribution in [0.1, 0.15) is 0 Å². The second-order valence-corrected chi connectivity index (χ2v) is 1.36. The van der Waals surface area contributed by atoms with Crippen LogP contribution in [0.2, 0.25) is 0 Å². The van der Waals surface area contributed by atoms with Crippen LogP contribution < -0.4 is 17.1 Å². The predicted molar refractivity (Wildman–Crippen MR) is 34.1 cm³/mol. The van der Waals surface area contributed by atoms with E-state index in [0.717, 1.165) is 0 Å². The SMILES string of the molecule is O=c1[nH]c(=O)[nH]c(=O)[nH]1.[Sn]. The first kappa shape index (κ1) is 9.21. The zero-order valence-electron chi connectivity index (χ0n) is 4.72. The van der Waals surface area contributed by atoms with Crippen molar-refractivity contribution in [2.24, 2.45) is 0 Å². The largest absolute Gasteiger partial charge is 0.330 e. The van der Waals surface area contributed by atoms with E-state index in [1.54, 1.807) is 15.0 Å². The van der Waals surface area contributed by atoms with Crippen LogP contribution in [0.25, 0.3) is 0 Å². The van der Waals surface area contributed by atoms with Crippen molar-refractivity contribution in [2.45, 2.75) is 0 Å². The predicted octanol–water partition coefficient (Wildman–Crippen LogP) is -2.63. The maximum absolute atomic E-state index is 10.2.